The molecule has 8 heteroatoms. The number of anilines is 3. The van der Waals surface area contributed by atoms with Gasteiger partial charge in [-0.1, -0.05) is 0 Å². The van der Waals surface area contributed by atoms with Crippen LogP contribution in [-0.4, -0.2) is 77.9 Å². The first-order valence-electron chi connectivity index (χ1n) is 7.32. The number of hydrogen-bond acceptors (Lipinski definition) is 8. The van der Waals surface area contributed by atoms with Crippen LogP contribution in [0, 0.1) is 0 Å². The Bertz CT molecular complexity index is 448. The zero-order valence-corrected chi connectivity index (χ0v) is 12.8. The molecule has 2 rings (SSSR count). The van der Waals surface area contributed by atoms with Gasteiger partial charge in [0.15, 0.2) is 11.6 Å². The van der Waals surface area contributed by atoms with Gasteiger partial charge in [0.05, 0.1) is 6.61 Å². The van der Waals surface area contributed by atoms with E-state index in [0.717, 1.165) is 32.7 Å². The summed E-state index contributed by atoms with van der Waals surface area (Å²) in [5.74, 6) is 1.29. The number of aliphatic hydroxyl groups is 1. The maximum Gasteiger partial charge on any atom is 0.169 e. The lowest BCUT2D eigenvalue weighted by molar-refractivity contribution is 0.178. The first-order chi connectivity index (χ1) is 10.2. The zero-order valence-electron chi connectivity index (χ0n) is 12.8. The highest BCUT2D eigenvalue weighted by atomic mass is 16.3. The summed E-state index contributed by atoms with van der Waals surface area (Å²) in [5, 5.41) is 11.2. The molecule has 0 aliphatic carbocycles. The molecule has 0 amide bonds. The quantitative estimate of drug-likeness (QED) is 0.644. The smallest absolute Gasteiger partial charge is 0.169 e. The molecule has 0 aromatic carbocycles. The molecular weight excluding hydrogens is 270 g/mol. The molecule has 8 nitrogen and oxygen atoms in total. The van der Waals surface area contributed by atoms with Gasteiger partial charge in [0.2, 0.25) is 0 Å². The number of hydrogen-bond donors (Lipinski definition) is 3. The second-order valence-corrected chi connectivity index (χ2v) is 5.16. The van der Waals surface area contributed by atoms with Crippen molar-refractivity contribution in [2.24, 2.45) is 0 Å². The molecule has 1 aliphatic heterocycles. The van der Waals surface area contributed by atoms with Crippen LogP contribution < -0.4 is 16.1 Å². The first kappa shape index (κ1) is 15.7. The molecule has 21 heavy (non-hydrogen) atoms. The van der Waals surface area contributed by atoms with E-state index in [4.69, 9.17) is 10.8 Å². The summed E-state index contributed by atoms with van der Waals surface area (Å²) in [6, 6.07) is 0. The minimum absolute atomic E-state index is 0.0680. The molecule has 0 saturated carbocycles. The lowest BCUT2D eigenvalue weighted by atomic mass is 10.3. The zero-order chi connectivity index (χ0) is 15.2. The molecule has 1 aliphatic rings. The van der Waals surface area contributed by atoms with Gasteiger partial charge in [-0.2, -0.15) is 0 Å². The number of nitrogens with zero attached hydrogens (tertiary/aromatic N) is 5. The van der Waals surface area contributed by atoms with Crippen molar-refractivity contribution in [1.29, 1.82) is 0 Å². The number of likely N-dealkylation sites (N-methyl/N-ethyl adjacent to an activating group) is 2. The van der Waals surface area contributed by atoms with Crippen molar-refractivity contribution in [2.75, 3.05) is 69.0 Å². The van der Waals surface area contributed by atoms with E-state index in [1.807, 2.05) is 11.8 Å². The summed E-state index contributed by atoms with van der Waals surface area (Å²) in [4.78, 5) is 12.7. The summed E-state index contributed by atoms with van der Waals surface area (Å²) in [6.45, 7) is 7.17. The van der Waals surface area contributed by atoms with Crippen molar-refractivity contribution in [3.05, 3.63) is 6.33 Å². The number of hydrazine groups is 1. The fourth-order valence-electron chi connectivity index (χ4n) is 2.33. The minimum atomic E-state index is 0.0680. The Morgan fingerprint density at radius 3 is 2.67 bits per heavy atom. The summed E-state index contributed by atoms with van der Waals surface area (Å²) in [6.07, 6.45) is 1.50. The van der Waals surface area contributed by atoms with E-state index in [0.29, 0.717) is 23.9 Å². The van der Waals surface area contributed by atoms with Crippen molar-refractivity contribution >= 4 is 17.3 Å². The van der Waals surface area contributed by atoms with Gasteiger partial charge in [-0.3, -0.25) is 0 Å². The molecule has 0 spiro atoms. The summed E-state index contributed by atoms with van der Waals surface area (Å²) in [5.41, 5.74) is 9.98. The molecular formula is C13H25N7O. The van der Waals surface area contributed by atoms with Gasteiger partial charge in [-0.05, 0) is 14.0 Å². The Hall–Kier alpha value is -1.64. The molecule has 4 N–H and O–H groups in total. The van der Waals surface area contributed by atoms with E-state index >= 15 is 0 Å². The van der Waals surface area contributed by atoms with Crippen LogP contribution in [0.25, 0.3) is 0 Å². The number of aliphatic hydroxyl groups excluding tert-OH is 1. The summed E-state index contributed by atoms with van der Waals surface area (Å²) < 4.78 is 0. The third kappa shape index (κ3) is 3.93. The topological polar surface area (TPSA) is 93.8 Å². The standard InChI is InChI=1S/C13H25N7O/c1-3-19(8-9-21)13-11(14)12(15-10-16-13)17-20-6-4-18(2)5-7-20/h10,21H,3-9,14H2,1-2H3,(H,15,16,17). The molecule has 118 valence electrons. The highest BCUT2D eigenvalue weighted by Gasteiger charge is 2.18. The van der Waals surface area contributed by atoms with E-state index in [9.17, 15) is 0 Å². The highest BCUT2D eigenvalue weighted by Crippen LogP contribution is 2.26. The van der Waals surface area contributed by atoms with E-state index in [1.54, 1.807) is 0 Å². The number of aromatic nitrogens is 2. The Morgan fingerprint density at radius 1 is 1.33 bits per heavy atom. The highest BCUT2D eigenvalue weighted by molar-refractivity contribution is 5.74. The third-order valence-electron chi connectivity index (χ3n) is 3.68. The van der Waals surface area contributed by atoms with Crippen molar-refractivity contribution < 1.29 is 5.11 Å². The SMILES string of the molecule is CCN(CCO)c1ncnc(NN2CCN(C)CC2)c1N. The second kappa shape index (κ2) is 7.39. The van der Waals surface area contributed by atoms with Crippen LogP contribution in [0.3, 0.4) is 0 Å². The van der Waals surface area contributed by atoms with Gasteiger partial charge >= 0.3 is 0 Å². The summed E-state index contributed by atoms with van der Waals surface area (Å²) >= 11 is 0. The maximum absolute atomic E-state index is 9.12. The molecule has 0 unspecified atom stereocenters. The Balaban J connectivity index is 2.10. The number of nitrogens with two attached hydrogens (primary N) is 1. The average molecular weight is 295 g/mol. The molecule has 0 radical (unpaired) electrons. The lowest BCUT2D eigenvalue weighted by Gasteiger charge is -2.33. The van der Waals surface area contributed by atoms with Gasteiger partial charge in [0, 0.05) is 39.3 Å². The molecule has 1 aromatic rings. The molecule has 1 fully saturated rings. The van der Waals surface area contributed by atoms with Gasteiger partial charge in [0.25, 0.3) is 0 Å². The minimum Gasteiger partial charge on any atom is -0.395 e. The molecule has 0 atom stereocenters. The van der Waals surface area contributed by atoms with Crippen LogP contribution in [0.1, 0.15) is 6.92 Å². The summed E-state index contributed by atoms with van der Waals surface area (Å²) in [7, 11) is 2.11. The van der Waals surface area contributed by atoms with Crippen molar-refractivity contribution in [3.63, 3.8) is 0 Å². The third-order valence-corrected chi connectivity index (χ3v) is 3.68. The normalized spacial score (nSPS) is 16.9. The fourth-order valence-corrected chi connectivity index (χ4v) is 2.33. The number of nitrogens with one attached hydrogen (secondary N) is 1. The average Bonchev–Trinajstić information content (AvgIpc) is 2.49. The van der Waals surface area contributed by atoms with E-state index in [-0.39, 0.29) is 6.61 Å². The van der Waals surface area contributed by atoms with Gasteiger partial charge < -0.3 is 26.1 Å². The first-order valence-corrected chi connectivity index (χ1v) is 7.32. The second-order valence-electron chi connectivity index (χ2n) is 5.16. The van der Waals surface area contributed by atoms with Crippen LogP contribution in [0.2, 0.25) is 0 Å². The molecule has 1 saturated heterocycles. The predicted molar refractivity (Wildman–Crippen MR) is 84.1 cm³/mol. The van der Waals surface area contributed by atoms with E-state index < -0.39 is 0 Å². The predicted octanol–water partition coefficient (Wildman–Crippen LogP) is -0.548. The van der Waals surface area contributed by atoms with E-state index in [2.05, 4.69) is 32.4 Å². The van der Waals surface area contributed by atoms with Crippen LogP contribution >= 0.6 is 0 Å². The van der Waals surface area contributed by atoms with Gasteiger partial charge in [-0.25, -0.2) is 15.0 Å². The number of nitrogen functional groups attached to an aromatic ring is 1. The van der Waals surface area contributed by atoms with Crippen molar-refractivity contribution in [2.45, 2.75) is 6.92 Å². The van der Waals surface area contributed by atoms with E-state index in [1.165, 1.54) is 6.33 Å². The van der Waals surface area contributed by atoms with Crippen LogP contribution in [0.15, 0.2) is 6.33 Å². The van der Waals surface area contributed by atoms with Gasteiger partial charge in [-0.15, -0.1) is 0 Å². The monoisotopic (exact) mass is 295 g/mol. The lowest BCUT2D eigenvalue weighted by Crippen LogP contribution is -2.47. The molecule has 2 heterocycles. The maximum atomic E-state index is 9.12. The molecule has 0 bridgehead atoms. The molecule has 1 aromatic heterocycles. The largest absolute Gasteiger partial charge is 0.395 e. The Morgan fingerprint density at radius 2 is 2.05 bits per heavy atom. The Labute approximate surface area is 125 Å². The van der Waals surface area contributed by atoms with Crippen LogP contribution in [0.5, 0.6) is 0 Å². The van der Waals surface area contributed by atoms with Crippen molar-refractivity contribution in [1.82, 2.24) is 19.9 Å². The van der Waals surface area contributed by atoms with Crippen LogP contribution in [0.4, 0.5) is 17.3 Å². The van der Waals surface area contributed by atoms with Crippen LogP contribution in [-0.2, 0) is 0 Å². The fraction of sp³-hybridized carbons (Fsp3) is 0.692. The Kier molecular flexibility index (Phi) is 5.54. The number of piperazine rings is 1. The number of rotatable bonds is 6. The van der Waals surface area contributed by atoms with Gasteiger partial charge in [0.1, 0.15) is 12.0 Å². The van der Waals surface area contributed by atoms with Crippen molar-refractivity contribution in [3.8, 4) is 0 Å².